The van der Waals surface area contributed by atoms with Gasteiger partial charge in [-0.2, -0.15) is 0 Å². The molecule has 1 aromatic carbocycles. The highest BCUT2D eigenvalue weighted by Crippen LogP contribution is 2.20. The average molecular weight is 281 g/mol. The molecule has 0 bridgehead atoms. The zero-order valence-corrected chi connectivity index (χ0v) is 11.7. The number of fused-ring (bicyclic) bond motifs is 1. The van der Waals surface area contributed by atoms with E-state index in [1.165, 1.54) is 0 Å². The van der Waals surface area contributed by atoms with E-state index in [1.807, 2.05) is 12.1 Å². The molecule has 102 valence electrons. The number of hydrogen-bond acceptors (Lipinski definition) is 2. The quantitative estimate of drug-likeness (QED) is 0.905. The number of amides is 1. The predicted molar refractivity (Wildman–Crippen MR) is 76.6 cm³/mol. The van der Waals surface area contributed by atoms with Crippen LogP contribution in [-0.4, -0.2) is 40.6 Å². The summed E-state index contributed by atoms with van der Waals surface area (Å²) in [6.45, 7) is 2.23. The minimum Gasteiger partial charge on any atom is -0.393 e. The van der Waals surface area contributed by atoms with E-state index in [9.17, 15) is 9.90 Å². The highest BCUT2D eigenvalue weighted by Gasteiger charge is 2.14. The Morgan fingerprint density at radius 1 is 1.47 bits per heavy atom. The van der Waals surface area contributed by atoms with Gasteiger partial charge in [-0.1, -0.05) is 17.7 Å². The number of rotatable bonds is 4. The molecule has 19 heavy (non-hydrogen) atoms. The maximum absolute atomic E-state index is 12.2. The van der Waals surface area contributed by atoms with Gasteiger partial charge >= 0.3 is 0 Å². The van der Waals surface area contributed by atoms with E-state index < -0.39 is 6.10 Å². The fourth-order valence-electron chi connectivity index (χ4n) is 1.90. The van der Waals surface area contributed by atoms with Crippen LogP contribution in [0.25, 0.3) is 10.9 Å². The molecule has 0 saturated carbocycles. The van der Waals surface area contributed by atoms with Crippen LogP contribution in [-0.2, 0) is 0 Å². The van der Waals surface area contributed by atoms with Crippen LogP contribution in [0.2, 0.25) is 5.02 Å². The van der Waals surface area contributed by atoms with Crippen molar-refractivity contribution in [3.63, 3.8) is 0 Å². The van der Waals surface area contributed by atoms with Gasteiger partial charge in [0, 0.05) is 29.5 Å². The summed E-state index contributed by atoms with van der Waals surface area (Å²) in [7, 11) is 1.73. The summed E-state index contributed by atoms with van der Waals surface area (Å²) in [5.74, 6) is -0.0898. The van der Waals surface area contributed by atoms with Gasteiger partial charge in [-0.25, -0.2) is 0 Å². The van der Waals surface area contributed by atoms with Gasteiger partial charge < -0.3 is 15.0 Å². The van der Waals surface area contributed by atoms with Crippen molar-refractivity contribution in [3.05, 3.63) is 35.0 Å². The predicted octanol–water partition coefficient (Wildman–Crippen LogP) is 2.66. The number of aromatic amines is 1. The van der Waals surface area contributed by atoms with Crippen molar-refractivity contribution in [1.29, 1.82) is 0 Å². The summed E-state index contributed by atoms with van der Waals surface area (Å²) < 4.78 is 0. The second kappa shape index (κ2) is 5.63. The first-order chi connectivity index (χ1) is 8.97. The smallest absolute Gasteiger partial charge is 0.270 e. The van der Waals surface area contributed by atoms with Gasteiger partial charge in [-0.3, -0.25) is 4.79 Å². The van der Waals surface area contributed by atoms with Crippen molar-refractivity contribution in [1.82, 2.24) is 9.88 Å². The molecule has 2 rings (SSSR count). The number of nitrogens with one attached hydrogen (secondary N) is 1. The molecule has 1 unspecified atom stereocenters. The molecule has 0 radical (unpaired) electrons. The summed E-state index contributed by atoms with van der Waals surface area (Å²) in [4.78, 5) is 16.9. The third-order valence-electron chi connectivity index (χ3n) is 3.04. The van der Waals surface area contributed by atoms with E-state index in [0.29, 0.717) is 23.7 Å². The molecule has 0 aliphatic carbocycles. The number of H-pyrrole nitrogens is 1. The summed E-state index contributed by atoms with van der Waals surface area (Å²) in [5, 5.41) is 10.8. The van der Waals surface area contributed by atoms with Crippen molar-refractivity contribution < 1.29 is 9.90 Å². The lowest BCUT2D eigenvalue weighted by Gasteiger charge is -2.17. The fraction of sp³-hybridized carbons (Fsp3) is 0.357. The molecule has 4 nitrogen and oxygen atoms in total. The molecule has 2 N–H and O–H groups in total. The maximum atomic E-state index is 12.2. The van der Waals surface area contributed by atoms with Crippen LogP contribution in [0, 0.1) is 0 Å². The van der Waals surface area contributed by atoms with Crippen LogP contribution in [0.15, 0.2) is 24.3 Å². The summed E-state index contributed by atoms with van der Waals surface area (Å²) in [5.41, 5.74) is 1.38. The van der Waals surface area contributed by atoms with Gasteiger partial charge in [0.2, 0.25) is 0 Å². The molecule has 1 amide bonds. The Labute approximate surface area is 117 Å². The molecule has 0 fully saturated rings. The molecule has 1 atom stereocenters. The fourth-order valence-corrected chi connectivity index (χ4v) is 2.07. The van der Waals surface area contributed by atoms with Crippen LogP contribution >= 0.6 is 11.6 Å². The Bertz CT molecular complexity index is 592. The highest BCUT2D eigenvalue weighted by molar-refractivity contribution is 6.31. The van der Waals surface area contributed by atoms with Gasteiger partial charge in [0.15, 0.2) is 0 Å². The molecule has 5 heteroatoms. The molecule has 0 aliphatic rings. The average Bonchev–Trinajstić information content (AvgIpc) is 2.77. The molecular weight excluding hydrogens is 264 g/mol. The van der Waals surface area contributed by atoms with E-state index in [1.54, 1.807) is 31.0 Å². The van der Waals surface area contributed by atoms with Crippen molar-refractivity contribution in [3.8, 4) is 0 Å². The Morgan fingerprint density at radius 2 is 2.21 bits per heavy atom. The van der Waals surface area contributed by atoms with Gasteiger partial charge in [0.1, 0.15) is 5.69 Å². The molecule has 0 saturated heterocycles. The van der Waals surface area contributed by atoms with Crippen molar-refractivity contribution >= 4 is 28.4 Å². The number of carbonyl (C=O) groups is 1. The van der Waals surface area contributed by atoms with Crippen molar-refractivity contribution in [2.45, 2.75) is 19.4 Å². The number of benzene rings is 1. The largest absolute Gasteiger partial charge is 0.393 e. The normalized spacial score (nSPS) is 12.6. The zero-order chi connectivity index (χ0) is 14.0. The number of aromatic nitrogens is 1. The Hall–Kier alpha value is -1.52. The molecular formula is C14H17ClN2O2. The standard InChI is InChI=1S/C14H17ClN2O2/c1-9(18)5-6-17(2)14(19)13-7-10-3-4-11(15)8-12(10)16-13/h3-4,7-9,16,18H,5-6H2,1-2H3. The number of aliphatic hydroxyl groups is 1. The number of hydrogen-bond donors (Lipinski definition) is 2. The topological polar surface area (TPSA) is 56.3 Å². The highest BCUT2D eigenvalue weighted by atomic mass is 35.5. The third kappa shape index (κ3) is 3.28. The van der Waals surface area contributed by atoms with Crippen molar-refractivity contribution in [2.75, 3.05) is 13.6 Å². The van der Waals surface area contributed by atoms with Gasteiger partial charge in [-0.05, 0) is 31.5 Å². The lowest BCUT2D eigenvalue weighted by atomic mass is 10.2. The zero-order valence-electron chi connectivity index (χ0n) is 11.0. The van der Waals surface area contributed by atoms with Crippen LogP contribution in [0.3, 0.4) is 0 Å². The first kappa shape index (κ1) is 13.9. The van der Waals surface area contributed by atoms with Gasteiger partial charge in [-0.15, -0.1) is 0 Å². The second-order valence-corrected chi connectivity index (χ2v) is 5.22. The molecule has 1 heterocycles. The molecule has 1 aromatic heterocycles. The number of halogens is 1. The Morgan fingerprint density at radius 3 is 2.89 bits per heavy atom. The van der Waals surface area contributed by atoms with Crippen LogP contribution in [0.5, 0.6) is 0 Å². The lowest BCUT2D eigenvalue weighted by Crippen LogP contribution is -2.29. The first-order valence-electron chi connectivity index (χ1n) is 6.19. The number of aliphatic hydroxyl groups excluding tert-OH is 1. The molecule has 0 spiro atoms. The van der Waals surface area contributed by atoms with E-state index in [4.69, 9.17) is 11.6 Å². The van der Waals surface area contributed by atoms with E-state index in [-0.39, 0.29) is 5.91 Å². The first-order valence-corrected chi connectivity index (χ1v) is 6.57. The monoisotopic (exact) mass is 280 g/mol. The summed E-state index contributed by atoms with van der Waals surface area (Å²) in [6.07, 6.45) is 0.158. The SMILES string of the molecule is CC(O)CCN(C)C(=O)c1cc2ccc(Cl)cc2[nH]1. The Kier molecular flexibility index (Phi) is 4.12. The maximum Gasteiger partial charge on any atom is 0.270 e. The minimum atomic E-state index is -0.406. The minimum absolute atomic E-state index is 0.0898. The summed E-state index contributed by atoms with van der Waals surface area (Å²) >= 11 is 5.91. The van der Waals surface area contributed by atoms with E-state index in [0.717, 1.165) is 10.9 Å². The summed E-state index contributed by atoms with van der Waals surface area (Å²) in [6, 6.07) is 7.28. The van der Waals surface area contributed by atoms with E-state index >= 15 is 0 Å². The van der Waals surface area contributed by atoms with Crippen LogP contribution < -0.4 is 0 Å². The lowest BCUT2D eigenvalue weighted by molar-refractivity contribution is 0.0764. The van der Waals surface area contributed by atoms with E-state index in [2.05, 4.69) is 4.98 Å². The second-order valence-electron chi connectivity index (χ2n) is 4.78. The number of carbonyl (C=O) groups excluding carboxylic acids is 1. The van der Waals surface area contributed by atoms with Crippen LogP contribution in [0.1, 0.15) is 23.8 Å². The van der Waals surface area contributed by atoms with Crippen LogP contribution in [0.4, 0.5) is 0 Å². The number of nitrogens with zero attached hydrogens (tertiary/aromatic N) is 1. The molecule has 0 aliphatic heterocycles. The van der Waals surface area contributed by atoms with Crippen molar-refractivity contribution in [2.24, 2.45) is 0 Å². The van der Waals surface area contributed by atoms with Gasteiger partial charge in [0.25, 0.3) is 5.91 Å². The Balaban J connectivity index is 2.16. The third-order valence-corrected chi connectivity index (χ3v) is 3.28. The molecule has 2 aromatic rings. The van der Waals surface area contributed by atoms with Gasteiger partial charge in [0.05, 0.1) is 6.10 Å².